The standard InChI is InChI=1S/C10H21N3/c1-12-6-7-13(9-2-3-9)8-10(12)4-5-11/h9-10H,2-8,11H2,1H3. The Morgan fingerprint density at radius 2 is 2.08 bits per heavy atom. The van der Waals surface area contributed by atoms with Gasteiger partial charge in [0.25, 0.3) is 0 Å². The van der Waals surface area contributed by atoms with Gasteiger partial charge < -0.3 is 10.6 Å². The fourth-order valence-electron chi connectivity index (χ4n) is 2.25. The third kappa shape index (κ3) is 2.22. The van der Waals surface area contributed by atoms with Crippen molar-refractivity contribution in [2.75, 3.05) is 33.2 Å². The van der Waals surface area contributed by atoms with Crippen LogP contribution in [0.25, 0.3) is 0 Å². The van der Waals surface area contributed by atoms with Gasteiger partial charge in [0.15, 0.2) is 0 Å². The fraction of sp³-hybridized carbons (Fsp3) is 1.00. The van der Waals surface area contributed by atoms with Gasteiger partial charge in [-0.05, 0) is 32.9 Å². The monoisotopic (exact) mass is 183 g/mol. The summed E-state index contributed by atoms with van der Waals surface area (Å²) in [6.07, 6.45) is 4.01. The summed E-state index contributed by atoms with van der Waals surface area (Å²) in [6, 6.07) is 1.63. The highest BCUT2D eigenvalue weighted by Gasteiger charge is 2.33. The maximum atomic E-state index is 5.61. The van der Waals surface area contributed by atoms with Gasteiger partial charge >= 0.3 is 0 Å². The van der Waals surface area contributed by atoms with E-state index in [1.807, 2.05) is 0 Å². The summed E-state index contributed by atoms with van der Waals surface area (Å²) in [7, 11) is 2.23. The van der Waals surface area contributed by atoms with E-state index < -0.39 is 0 Å². The van der Waals surface area contributed by atoms with E-state index in [4.69, 9.17) is 5.73 Å². The molecule has 3 nitrogen and oxygen atoms in total. The van der Waals surface area contributed by atoms with Crippen LogP contribution in [-0.2, 0) is 0 Å². The lowest BCUT2D eigenvalue weighted by atomic mass is 10.1. The Kier molecular flexibility index (Phi) is 2.86. The Balaban J connectivity index is 1.84. The molecule has 1 heterocycles. The number of piperazine rings is 1. The molecule has 0 aromatic rings. The zero-order valence-electron chi connectivity index (χ0n) is 8.58. The largest absolute Gasteiger partial charge is 0.330 e. The topological polar surface area (TPSA) is 32.5 Å². The number of nitrogens with zero attached hydrogens (tertiary/aromatic N) is 2. The molecule has 2 rings (SSSR count). The number of likely N-dealkylation sites (N-methyl/N-ethyl adjacent to an activating group) is 1. The van der Waals surface area contributed by atoms with Crippen molar-refractivity contribution >= 4 is 0 Å². The van der Waals surface area contributed by atoms with Gasteiger partial charge in [-0.3, -0.25) is 4.90 Å². The summed E-state index contributed by atoms with van der Waals surface area (Å²) in [5, 5.41) is 0. The van der Waals surface area contributed by atoms with Gasteiger partial charge in [0.05, 0.1) is 0 Å². The lowest BCUT2D eigenvalue weighted by molar-refractivity contribution is 0.0866. The number of hydrogen-bond acceptors (Lipinski definition) is 3. The van der Waals surface area contributed by atoms with Crippen molar-refractivity contribution in [1.82, 2.24) is 9.80 Å². The Morgan fingerprint density at radius 3 is 2.69 bits per heavy atom. The van der Waals surface area contributed by atoms with Crippen LogP contribution in [0.4, 0.5) is 0 Å². The predicted molar refractivity (Wildman–Crippen MR) is 54.7 cm³/mol. The highest BCUT2D eigenvalue weighted by molar-refractivity contribution is 4.90. The molecule has 2 aliphatic rings. The molecule has 0 amide bonds. The molecule has 1 saturated heterocycles. The quantitative estimate of drug-likeness (QED) is 0.674. The van der Waals surface area contributed by atoms with Crippen LogP contribution in [0.5, 0.6) is 0 Å². The molecular formula is C10H21N3. The molecule has 0 spiro atoms. The van der Waals surface area contributed by atoms with Crippen LogP contribution in [-0.4, -0.2) is 55.1 Å². The summed E-state index contributed by atoms with van der Waals surface area (Å²) in [5.41, 5.74) is 5.61. The third-order valence-corrected chi connectivity index (χ3v) is 3.37. The van der Waals surface area contributed by atoms with E-state index in [0.717, 1.165) is 19.0 Å². The molecule has 13 heavy (non-hydrogen) atoms. The van der Waals surface area contributed by atoms with E-state index in [1.165, 1.54) is 32.5 Å². The van der Waals surface area contributed by atoms with E-state index in [2.05, 4.69) is 16.8 Å². The fourth-order valence-corrected chi connectivity index (χ4v) is 2.25. The lowest BCUT2D eigenvalue weighted by Crippen LogP contribution is -2.52. The summed E-state index contributed by atoms with van der Waals surface area (Å²) in [5.74, 6) is 0. The Labute approximate surface area is 80.9 Å². The molecule has 76 valence electrons. The number of hydrogen-bond donors (Lipinski definition) is 1. The molecule has 1 aliphatic heterocycles. The van der Waals surface area contributed by atoms with Crippen molar-refractivity contribution in [3.63, 3.8) is 0 Å². The van der Waals surface area contributed by atoms with Crippen LogP contribution in [0.15, 0.2) is 0 Å². The smallest absolute Gasteiger partial charge is 0.0232 e. The summed E-state index contributed by atoms with van der Waals surface area (Å²) in [6.45, 7) is 4.56. The van der Waals surface area contributed by atoms with Crippen LogP contribution in [0.2, 0.25) is 0 Å². The molecule has 0 aromatic heterocycles. The van der Waals surface area contributed by atoms with Gasteiger partial charge in [-0.25, -0.2) is 0 Å². The highest BCUT2D eigenvalue weighted by atomic mass is 15.3. The molecule has 1 saturated carbocycles. The molecule has 0 aromatic carbocycles. The minimum atomic E-state index is 0.708. The first-order valence-corrected chi connectivity index (χ1v) is 5.45. The first-order chi connectivity index (χ1) is 6.31. The van der Waals surface area contributed by atoms with Crippen molar-refractivity contribution in [3.05, 3.63) is 0 Å². The first-order valence-electron chi connectivity index (χ1n) is 5.45. The minimum Gasteiger partial charge on any atom is -0.330 e. The second-order valence-corrected chi connectivity index (χ2v) is 4.44. The minimum absolute atomic E-state index is 0.708. The lowest BCUT2D eigenvalue weighted by Gasteiger charge is -2.39. The zero-order chi connectivity index (χ0) is 9.26. The molecule has 2 N–H and O–H groups in total. The highest BCUT2D eigenvalue weighted by Crippen LogP contribution is 2.28. The molecule has 3 heteroatoms. The molecule has 1 aliphatic carbocycles. The van der Waals surface area contributed by atoms with Crippen molar-refractivity contribution in [2.45, 2.75) is 31.3 Å². The second-order valence-electron chi connectivity index (χ2n) is 4.44. The van der Waals surface area contributed by atoms with Crippen LogP contribution in [0, 0.1) is 0 Å². The summed E-state index contributed by atoms with van der Waals surface area (Å²) >= 11 is 0. The predicted octanol–water partition coefficient (Wildman–Crippen LogP) is 0.114. The Morgan fingerprint density at radius 1 is 1.31 bits per heavy atom. The van der Waals surface area contributed by atoms with E-state index in [0.29, 0.717) is 6.04 Å². The van der Waals surface area contributed by atoms with Gasteiger partial charge in [0.2, 0.25) is 0 Å². The van der Waals surface area contributed by atoms with Crippen molar-refractivity contribution < 1.29 is 0 Å². The van der Waals surface area contributed by atoms with E-state index in [1.54, 1.807) is 0 Å². The van der Waals surface area contributed by atoms with Crippen molar-refractivity contribution in [2.24, 2.45) is 5.73 Å². The molecule has 1 atom stereocenters. The van der Waals surface area contributed by atoms with Gasteiger partial charge in [-0.2, -0.15) is 0 Å². The zero-order valence-corrected chi connectivity index (χ0v) is 8.58. The molecule has 2 fully saturated rings. The molecular weight excluding hydrogens is 162 g/mol. The van der Waals surface area contributed by atoms with Crippen LogP contribution >= 0.6 is 0 Å². The van der Waals surface area contributed by atoms with Crippen LogP contribution in [0.3, 0.4) is 0 Å². The van der Waals surface area contributed by atoms with E-state index in [9.17, 15) is 0 Å². The van der Waals surface area contributed by atoms with Gasteiger partial charge in [-0.15, -0.1) is 0 Å². The summed E-state index contributed by atoms with van der Waals surface area (Å²) < 4.78 is 0. The van der Waals surface area contributed by atoms with Crippen molar-refractivity contribution in [3.8, 4) is 0 Å². The van der Waals surface area contributed by atoms with Gasteiger partial charge in [0, 0.05) is 31.7 Å². The molecule has 0 radical (unpaired) electrons. The average Bonchev–Trinajstić information content (AvgIpc) is 2.92. The maximum absolute atomic E-state index is 5.61. The maximum Gasteiger partial charge on any atom is 0.0232 e. The number of rotatable bonds is 3. The molecule has 1 unspecified atom stereocenters. The first kappa shape index (κ1) is 9.44. The summed E-state index contributed by atoms with van der Waals surface area (Å²) in [4.78, 5) is 5.12. The van der Waals surface area contributed by atoms with E-state index >= 15 is 0 Å². The van der Waals surface area contributed by atoms with Crippen LogP contribution in [0.1, 0.15) is 19.3 Å². The third-order valence-electron chi connectivity index (χ3n) is 3.37. The van der Waals surface area contributed by atoms with Crippen molar-refractivity contribution in [1.29, 1.82) is 0 Å². The average molecular weight is 183 g/mol. The number of nitrogens with two attached hydrogens (primary N) is 1. The van der Waals surface area contributed by atoms with Gasteiger partial charge in [0.1, 0.15) is 0 Å². The second kappa shape index (κ2) is 3.95. The Hall–Kier alpha value is -0.120. The van der Waals surface area contributed by atoms with Gasteiger partial charge in [-0.1, -0.05) is 0 Å². The normalized spacial score (nSPS) is 32.3. The Bertz CT molecular complexity index is 168. The molecule has 0 bridgehead atoms. The van der Waals surface area contributed by atoms with E-state index in [-0.39, 0.29) is 0 Å². The van der Waals surface area contributed by atoms with Crippen LogP contribution < -0.4 is 5.73 Å². The SMILES string of the molecule is CN1CCN(C2CC2)CC1CCN.